The Balaban J connectivity index is 1.10. The number of carbonyl (C=O) groups excluding carboxylic acids is 6. The number of nitrogens with one attached hydrogen (secondary N) is 5. The molecule has 0 aliphatic carbocycles. The van der Waals surface area contributed by atoms with E-state index in [-0.39, 0.29) is 73.7 Å². The van der Waals surface area contributed by atoms with Gasteiger partial charge in [-0.15, -0.1) is 0 Å². The van der Waals surface area contributed by atoms with Gasteiger partial charge in [0.1, 0.15) is 24.4 Å². The van der Waals surface area contributed by atoms with E-state index >= 15 is 0 Å². The molecule has 18 heteroatoms. The molecular weight excluding hydrogens is 791 g/mol. The second-order valence-corrected chi connectivity index (χ2v) is 16.5. The molecule has 4 heterocycles. The second-order valence-electron chi connectivity index (χ2n) is 16.5. The van der Waals surface area contributed by atoms with Crippen LogP contribution < -0.4 is 32.1 Å². The number of phenols is 1. The molecule has 0 saturated carbocycles. The molecule has 3 unspecified atom stereocenters. The number of aromatic hydroxyl groups is 1. The highest BCUT2D eigenvalue weighted by Crippen LogP contribution is 2.42. The zero-order valence-corrected chi connectivity index (χ0v) is 35.9. The summed E-state index contributed by atoms with van der Waals surface area (Å²) in [5.74, 6) is -2.73. The standard InChI is InChI=1S/C43H57N7O11/c1-8-27-28-19-26(51)11-12-32(28)49-36-29(27)21-50-33(36)20-31-30(39(50)56)22-60-40(57)43(31,9-2)61-41(58)46-17-16-45-37(54)24(3)48-38(55)25(4)47-35(53)14-13-34(52)44-15-10-18-59-23-42(5,6)7/h11-12,19-20,24-25,51H,8-10,13-18,21-23H2,1-7H3,(H,44,52)(H,45,54)(H,46,58)(H,47,53)(H,48,55). The Hall–Kier alpha value is -6.04. The normalized spacial score (nSPS) is 16.3. The molecule has 0 saturated heterocycles. The van der Waals surface area contributed by atoms with E-state index in [2.05, 4.69) is 47.4 Å². The van der Waals surface area contributed by atoms with E-state index in [4.69, 9.17) is 19.2 Å². The monoisotopic (exact) mass is 847 g/mol. The van der Waals surface area contributed by atoms with Crippen molar-refractivity contribution in [3.05, 3.63) is 56.9 Å². The lowest BCUT2D eigenvalue weighted by Crippen LogP contribution is -2.52. The van der Waals surface area contributed by atoms with Crippen molar-refractivity contribution in [2.24, 2.45) is 5.41 Å². The summed E-state index contributed by atoms with van der Waals surface area (Å²) in [6.07, 6.45) is 0.0255. The van der Waals surface area contributed by atoms with Crippen LogP contribution in [0.1, 0.15) is 96.4 Å². The number of carbonyl (C=O) groups is 6. The first-order chi connectivity index (χ1) is 28.9. The Labute approximate surface area is 353 Å². The van der Waals surface area contributed by atoms with Gasteiger partial charge in [0.25, 0.3) is 5.56 Å². The number of amides is 5. The zero-order valence-electron chi connectivity index (χ0n) is 35.9. The van der Waals surface area contributed by atoms with E-state index < -0.39 is 53.0 Å². The maximum Gasteiger partial charge on any atom is 0.408 e. The maximum absolute atomic E-state index is 14.0. The van der Waals surface area contributed by atoms with Gasteiger partial charge in [-0.05, 0) is 68.4 Å². The van der Waals surface area contributed by atoms with Crippen molar-refractivity contribution in [3.8, 4) is 17.1 Å². The van der Waals surface area contributed by atoms with Gasteiger partial charge < -0.3 is 50.5 Å². The minimum atomic E-state index is -1.95. The van der Waals surface area contributed by atoms with E-state index in [1.165, 1.54) is 19.9 Å². The molecule has 3 atom stereocenters. The molecule has 2 aliphatic rings. The van der Waals surface area contributed by atoms with Crippen LogP contribution in [0.3, 0.4) is 0 Å². The summed E-state index contributed by atoms with van der Waals surface area (Å²) in [7, 11) is 0. The molecule has 3 aromatic rings. The Morgan fingerprint density at radius 1 is 0.918 bits per heavy atom. The molecule has 0 fully saturated rings. The van der Waals surface area contributed by atoms with Crippen molar-refractivity contribution >= 4 is 46.6 Å². The lowest BCUT2D eigenvalue weighted by Gasteiger charge is -2.35. The number of esters is 1. The number of nitrogens with zero attached hydrogens (tertiary/aromatic N) is 2. The van der Waals surface area contributed by atoms with E-state index in [1.54, 1.807) is 29.7 Å². The summed E-state index contributed by atoms with van der Waals surface area (Å²) in [5.41, 5.74) is 1.49. The number of fused-ring (bicyclic) bond motifs is 5. The van der Waals surface area contributed by atoms with Crippen molar-refractivity contribution in [1.82, 2.24) is 36.1 Å². The molecule has 2 aromatic heterocycles. The zero-order chi connectivity index (χ0) is 44.6. The number of alkyl carbamates (subject to hydrolysis) is 1. The SMILES string of the molecule is CCc1c2c(nc3ccc(O)cc13)-c1cc3c(c(=O)n1C2)COC(=O)C3(CC)OC(=O)NCCNC(=O)C(C)NC(=O)C(C)NC(=O)CCC(=O)NCCCOCC(C)(C)C. The van der Waals surface area contributed by atoms with Crippen LogP contribution in [0.4, 0.5) is 4.79 Å². The van der Waals surface area contributed by atoms with Crippen LogP contribution >= 0.6 is 0 Å². The molecule has 330 valence electrons. The van der Waals surface area contributed by atoms with E-state index in [0.717, 1.165) is 16.5 Å². The number of hydrogen-bond acceptors (Lipinski definition) is 12. The lowest BCUT2D eigenvalue weighted by atomic mass is 9.85. The van der Waals surface area contributed by atoms with Gasteiger partial charge in [0.15, 0.2) is 0 Å². The summed E-state index contributed by atoms with van der Waals surface area (Å²) in [6.45, 7) is 14.0. The summed E-state index contributed by atoms with van der Waals surface area (Å²) < 4.78 is 18.3. The molecule has 1 aromatic carbocycles. The van der Waals surface area contributed by atoms with Crippen molar-refractivity contribution in [2.45, 2.75) is 111 Å². The number of cyclic esters (lactones) is 1. The fourth-order valence-corrected chi connectivity index (χ4v) is 7.29. The third-order valence-corrected chi connectivity index (χ3v) is 10.5. The molecule has 18 nitrogen and oxygen atoms in total. The van der Waals surface area contributed by atoms with Crippen LogP contribution in [0, 0.1) is 5.41 Å². The topological polar surface area (TPSA) is 245 Å². The molecule has 5 rings (SSSR count). The van der Waals surface area contributed by atoms with Crippen molar-refractivity contribution < 1.29 is 48.1 Å². The van der Waals surface area contributed by atoms with Crippen molar-refractivity contribution in [3.63, 3.8) is 0 Å². The van der Waals surface area contributed by atoms with Crippen LogP contribution in [-0.4, -0.2) is 95.3 Å². The fraction of sp³-hybridized carbons (Fsp3) is 0.535. The van der Waals surface area contributed by atoms with Gasteiger partial charge in [-0.3, -0.25) is 24.0 Å². The molecule has 0 radical (unpaired) electrons. The molecule has 5 amide bonds. The van der Waals surface area contributed by atoms with Crippen LogP contribution in [-0.2, 0) is 63.4 Å². The van der Waals surface area contributed by atoms with Crippen molar-refractivity contribution in [2.75, 3.05) is 32.8 Å². The highest BCUT2D eigenvalue weighted by Gasteiger charge is 2.50. The molecule has 0 bridgehead atoms. The minimum absolute atomic E-state index is 0.0524. The summed E-state index contributed by atoms with van der Waals surface area (Å²) in [6, 6.07) is 4.55. The van der Waals surface area contributed by atoms with E-state index in [9.17, 15) is 38.7 Å². The van der Waals surface area contributed by atoms with E-state index in [0.29, 0.717) is 49.5 Å². The first kappa shape index (κ1) is 46.0. The first-order valence-electron chi connectivity index (χ1n) is 20.7. The molecule has 6 N–H and O–H groups in total. The molecule has 2 aliphatic heterocycles. The average Bonchev–Trinajstić information content (AvgIpc) is 3.58. The van der Waals surface area contributed by atoms with Gasteiger partial charge in [0.05, 0.1) is 35.6 Å². The van der Waals surface area contributed by atoms with Gasteiger partial charge in [0, 0.05) is 55.6 Å². The summed E-state index contributed by atoms with van der Waals surface area (Å²) in [4.78, 5) is 95.4. The maximum atomic E-state index is 14.0. The predicted molar refractivity (Wildman–Crippen MR) is 223 cm³/mol. The Morgan fingerprint density at radius 2 is 1.62 bits per heavy atom. The van der Waals surface area contributed by atoms with Gasteiger partial charge in [-0.25, -0.2) is 14.6 Å². The van der Waals surface area contributed by atoms with Crippen molar-refractivity contribution in [1.29, 1.82) is 0 Å². The molecular formula is C43H57N7O11. The number of benzene rings is 1. The number of hydrogen-bond donors (Lipinski definition) is 6. The van der Waals surface area contributed by atoms with E-state index in [1.807, 2.05) is 6.92 Å². The second kappa shape index (κ2) is 19.6. The summed E-state index contributed by atoms with van der Waals surface area (Å²) in [5, 5.41) is 23.8. The Kier molecular flexibility index (Phi) is 14.8. The fourth-order valence-electron chi connectivity index (χ4n) is 7.29. The van der Waals surface area contributed by atoms with Gasteiger partial charge in [0.2, 0.25) is 29.2 Å². The summed E-state index contributed by atoms with van der Waals surface area (Å²) >= 11 is 0. The largest absolute Gasteiger partial charge is 0.508 e. The van der Waals surface area contributed by atoms with Crippen LogP contribution in [0.15, 0.2) is 29.1 Å². The predicted octanol–water partition coefficient (Wildman–Crippen LogP) is 2.56. The Bertz CT molecular complexity index is 2250. The van der Waals surface area contributed by atoms with Gasteiger partial charge in [-0.2, -0.15) is 0 Å². The highest BCUT2D eigenvalue weighted by molar-refractivity contribution is 5.93. The first-order valence-corrected chi connectivity index (χ1v) is 20.7. The third kappa shape index (κ3) is 10.8. The lowest BCUT2D eigenvalue weighted by molar-refractivity contribution is -0.172. The number of ether oxygens (including phenoxy) is 3. The van der Waals surface area contributed by atoms with Crippen LogP contribution in [0.25, 0.3) is 22.3 Å². The van der Waals surface area contributed by atoms with Gasteiger partial charge >= 0.3 is 12.1 Å². The third-order valence-electron chi connectivity index (χ3n) is 10.5. The average molecular weight is 848 g/mol. The molecule has 61 heavy (non-hydrogen) atoms. The minimum Gasteiger partial charge on any atom is -0.508 e. The van der Waals surface area contributed by atoms with Crippen LogP contribution in [0.2, 0.25) is 0 Å². The number of rotatable bonds is 18. The smallest absolute Gasteiger partial charge is 0.408 e. The number of phenolic OH excluding ortho intramolecular Hbond substituents is 1. The molecule has 0 spiro atoms. The quantitative estimate of drug-likeness (QED) is 0.0625. The van der Waals surface area contributed by atoms with Gasteiger partial charge in [-0.1, -0.05) is 34.6 Å². The highest BCUT2D eigenvalue weighted by atomic mass is 16.6. The number of pyridine rings is 2. The Morgan fingerprint density at radius 3 is 2.33 bits per heavy atom. The number of aryl methyl sites for hydroxylation is 1. The number of aromatic nitrogens is 2. The van der Waals surface area contributed by atoms with Crippen LogP contribution in [0.5, 0.6) is 5.75 Å².